The highest BCUT2D eigenvalue weighted by Gasteiger charge is 2.21. The first-order chi connectivity index (χ1) is 11.3. The number of amides is 1. The van der Waals surface area contributed by atoms with Crippen LogP contribution in [0.15, 0.2) is 0 Å². The van der Waals surface area contributed by atoms with Gasteiger partial charge < -0.3 is 15.4 Å². The maximum atomic E-state index is 12.0. The number of carbonyl (C=O) groups is 2. The fourth-order valence-corrected chi connectivity index (χ4v) is 2.41. The Hall–Kier alpha value is -1.10. The quantitative estimate of drug-likeness (QED) is 0.397. The highest BCUT2D eigenvalue weighted by molar-refractivity contribution is 5.84. The SMILES string of the molecule is CCCCCCC(=O)N[C@@H](CCCCNC(C)(C)C)C(=O)OCC. The number of unbranched alkanes of at least 4 members (excludes halogenated alkanes) is 4. The third kappa shape index (κ3) is 13.3. The van der Waals surface area contributed by atoms with Gasteiger partial charge in [-0.25, -0.2) is 4.79 Å². The number of hydrogen-bond donors (Lipinski definition) is 2. The van der Waals surface area contributed by atoms with Crippen LogP contribution in [0.5, 0.6) is 0 Å². The van der Waals surface area contributed by atoms with Crippen LogP contribution in [0, 0.1) is 0 Å². The molecule has 142 valence electrons. The van der Waals surface area contributed by atoms with E-state index in [1.54, 1.807) is 6.92 Å². The van der Waals surface area contributed by atoms with Crippen molar-refractivity contribution in [2.45, 2.75) is 97.6 Å². The molecule has 0 aliphatic carbocycles. The molecule has 24 heavy (non-hydrogen) atoms. The van der Waals surface area contributed by atoms with Crippen molar-refractivity contribution < 1.29 is 14.3 Å². The first kappa shape index (κ1) is 22.9. The van der Waals surface area contributed by atoms with Crippen molar-refractivity contribution in [3.63, 3.8) is 0 Å². The van der Waals surface area contributed by atoms with Crippen LogP contribution < -0.4 is 10.6 Å². The van der Waals surface area contributed by atoms with Crippen molar-refractivity contribution >= 4 is 11.9 Å². The first-order valence-corrected chi connectivity index (χ1v) is 9.51. The van der Waals surface area contributed by atoms with Crippen LogP contribution in [-0.4, -0.2) is 36.6 Å². The number of rotatable bonds is 13. The van der Waals surface area contributed by atoms with Crippen molar-refractivity contribution in [1.29, 1.82) is 0 Å². The fourth-order valence-electron chi connectivity index (χ4n) is 2.41. The second-order valence-corrected chi connectivity index (χ2v) is 7.36. The van der Waals surface area contributed by atoms with Crippen molar-refractivity contribution in [3.05, 3.63) is 0 Å². The van der Waals surface area contributed by atoms with Gasteiger partial charge in [0.15, 0.2) is 0 Å². The van der Waals surface area contributed by atoms with Crippen LogP contribution in [0.3, 0.4) is 0 Å². The van der Waals surface area contributed by atoms with E-state index in [1.165, 1.54) is 0 Å². The highest BCUT2D eigenvalue weighted by atomic mass is 16.5. The van der Waals surface area contributed by atoms with E-state index in [0.29, 0.717) is 19.4 Å². The normalized spacial score (nSPS) is 12.7. The van der Waals surface area contributed by atoms with E-state index in [9.17, 15) is 9.59 Å². The molecule has 0 spiro atoms. The van der Waals surface area contributed by atoms with Gasteiger partial charge in [0.25, 0.3) is 0 Å². The molecular formula is C19H38N2O3. The molecule has 0 aliphatic heterocycles. The molecule has 0 saturated carbocycles. The maximum absolute atomic E-state index is 12.0. The van der Waals surface area contributed by atoms with Crippen LogP contribution in [0.1, 0.15) is 86.0 Å². The van der Waals surface area contributed by atoms with Crippen LogP contribution >= 0.6 is 0 Å². The van der Waals surface area contributed by atoms with Crippen molar-refractivity contribution in [3.8, 4) is 0 Å². The zero-order chi connectivity index (χ0) is 18.4. The van der Waals surface area contributed by atoms with Gasteiger partial charge in [-0.3, -0.25) is 4.79 Å². The van der Waals surface area contributed by atoms with E-state index in [1.807, 2.05) is 0 Å². The summed E-state index contributed by atoms with van der Waals surface area (Å²) in [5.41, 5.74) is 0.104. The summed E-state index contributed by atoms with van der Waals surface area (Å²) in [7, 11) is 0. The second-order valence-electron chi connectivity index (χ2n) is 7.36. The lowest BCUT2D eigenvalue weighted by Crippen LogP contribution is -2.42. The minimum Gasteiger partial charge on any atom is -0.464 e. The van der Waals surface area contributed by atoms with Gasteiger partial charge >= 0.3 is 5.97 Å². The van der Waals surface area contributed by atoms with Crippen LogP contribution in [0.4, 0.5) is 0 Å². The number of carbonyl (C=O) groups excluding carboxylic acids is 2. The molecule has 0 radical (unpaired) electrons. The van der Waals surface area contributed by atoms with E-state index in [-0.39, 0.29) is 17.4 Å². The standard InChI is InChI=1S/C19H38N2O3/c1-6-8-9-10-14-17(22)21-16(18(23)24-7-2)13-11-12-15-20-19(3,4)5/h16,20H,6-15H2,1-5H3,(H,21,22)/t16-/m0/s1. The molecule has 0 saturated heterocycles. The minimum atomic E-state index is -0.515. The van der Waals surface area contributed by atoms with Gasteiger partial charge in [0, 0.05) is 12.0 Å². The Kier molecular flexibility index (Phi) is 12.6. The summed E-state index contributed by atoms with van der Waals surface area (Å²) < 4.78 is 5.09. The Morgan fingerprint density at radius 1 is 1.00 bits per heavy atom. The monoisotopic (exact) mass is 342 g/mol. The average Bonchev–Trinajstić information content (AvgIpc) is 2.49. The summed E-state index contributed by atoms with van der Waals surface area (Å²) in [5, 5.41) is 6.28. The van der Waals surface area contributed by atoms with E-state index >= 15 is 0 Å². The molecule has 0 rings (SSSR count). The zero-order valence-corrected chi connectivity index (χ0v) is 16.4. The number of esters is 1. The van der Waals surface area contributed by atoms with Gasteiger partial charge in [-0.2, -0.15) is 0 Å². The summed E-state index contributed by atoms with van der Waals surface area (Å²) in [6.07, 6.45) is 7.21. The molecule has 5 heteroatoms. The first-order valence-electron chi connectivity index (χ1n) is 9.51. The summed E-state index contributed by atoms with van der Waals surface area (Å²) in [4.78, 5) is 24.0. The Morgan fingerprint density at radius 3 is 2.29 bits per heavy atom. The smallest absolute Gasteiger partial charge is 0.328 e. The highest BCUT2D eigenvalue weighted by Crippen LogP contribution is 2.07. The summed E-state index contributed by atoms with van der Waals surface area (Å²) >= 11 is 0. The Morgan fingerprint density at radius 2 is 1.71 bits per heavy atom. The molecule has 0 unspecified atom stereocenters. The van der Waals surface area contributed by atoms with Gasteiger partial charge in [-0.05, 0) is 59.9 Å². The molecule has 0 aliphatic rings. The van der Waals surface area contributed by atoms with Gasteiger partial charge in [-0.15, -0.1) is 0 Å². The van der Waals surface area contributed by atoms with Crippen molar-refractivity contribution in [2.75, 3.05) is 13.2 Å². The van der Waals surface area contributed by atoms with E-state index in [0.717, 1.165) is 45.1 Å². The van der Waals surface area contributed by atoms with E-state index in [4.69, 9.17) is 4.74 Å². The molecule has 0 heterocycles. The topological polar surface area (TPSA) is 67.4 Å². The molecule has 1 atom stereocenters. The van der Waals surface area contributed by atoms with E-state index < -0.39 is 6.04 Å². The van der Waals surface area contributed by atoms with Crippen molar-refractivity contribution in [1.82, 2.24) is 10.6 Å². The predicted octanol–water partition coefficient (Wildman–Crippen LogP) is 3.56. The van der Waals surface area contributed by atoms with Gasteiger partial charge in [0.1, 0.15) is 6.04 Å². The Labute approximate surface area is 148 Å². The summed E-state index contributed by atoms with van der Waals surface area (Å²) in [6, 6.07) is -0.515. The lowest BCUT2D eigenvalue weighted by atomic mass is 10.1. The lowest BCUT2D eigenvalue weighted by Gasteiger charge is -2.21. The van der Waals surface area contributed by atoms with Gasteiger partial charge in [0.2, 0.25) is 5.91 Å². The van der Waals surface area contributed by atoms with E-state index in [2.05, 4.69) is 38.3 Å². The second kappa shape index (κ2) is 13.2. The summed E-state index contributed by atoms with van der Waals surface area (Å²) in [6.45, 7) is 11.6. The zero-order valence-electron chi connectivity index (χ0n) is 16.4. The Balaban J connectivity index is 4.18. The third-order valence-corrected chi connectivity index (χ3v) is 3.74. The van der Waals surface area contributed by atoms with Crippen LogP contribution in [-0.2, 0) is 14.3 Å². The molecular weight excluding hydrogens is 304 g/mol. The molecule has 0 aromatic carbocycles. The molecule has 5 nitrogen and oxygen atoms in total. The maximum Gasteiger partial charge on any atom is 0.328 e. The van der Waals surface area contributed by atoms with Gasteiger partial charge in [0.05, 0.1) is 6.61 Å². The molecule has 0 aromatic rings. The summed E-state index contributed by atoms with van der Waals surface area (Å²) in [5.74, 6) is -0.361. The Bertz CT molecular complexity index is 351. The third-order valence-electron chi connectivity index (χ3n) is 3.74. The predicted molar refractivity (Wildman–Crippen MR) is 98.9 cm³/mol. The largest absolute Gasteiger partial charge is 0.464 e. The number of hydrogen-bond acceptors (Lipinski definition) is 4. The number of nitrogens with one attached hydrogen (secondary N) is 2. The van der Waals surface area contributed by atoms with Crippen LogP contribution in [0.2, 0.25) is 0 Å². The van der Waals surface area contributed by atoms with Crippen molar-refractivity contribution in [2.24, 2.45) is 0 Å². The lowest BCUT2D eigenvalue weighted by molar-refractivity contribution is -0.147. The van der Waals surface area contributed by atoms with Gasteiger partial charge in [-0.1, -0.05) is 26.2 Å². The fraction of sp³-hybridized carbons (Fsp3) is 0.895. The molecule has 1 amide bonds. The number of ether oxygens (including phenoxy) is 1. The molecule has 0 fully saturated rings. The molecule has 0 bridgehead atoms. The molecule has 2 N–H and O–H groups in total. The molecule has 0 aromatic heterocycles. The minimum absolute atomic E-state index is 0.0445. The average molecular weight is 343 g/mol. The van der Waals surface area contributed by atoms with Crippen LogP contribution in [0.25, 0.3) is 0 Å².